The van der Waals surface area contributed by atoms with Gasteiger partial charge < -0.3 is 25.0 Å². The number of nitrogens with one attached hydrogen (secondary N) is 2. The topological polar surface area (TPSA) is 90.8 Å². The molecule has 7 heteroatoms. The summed E-state index contributed by atoms with van der Waals surface area (Å²) in [5.74, 6) is 0.558. The Balaban J connectivity index is 1.42. The van der Waals surface area contributed by atoms with Crippen molar-refractivity contribution in [3.63, 3.8) is 0 Å². The summed E-state index contributed by atoms with van der Waals surface area (Å²) >= 11 is 0.586. The molecule has 0 saturated carbocycles. The van der Waals surface area contributed by atoms with Crippen molar-refractivity contribution in [2.45, 2.75) is 43.9 Å². The minimum absolute atomic E-state index is 0.0598. The Morgan fingerprint density at radius 1 is 1.02 bits per heavy atom. The van der Waals surface area contributed by atoms with Crippen molar-refractivity contribution in [2.24, 2.45) is 0 Å². The molecule has 0 radical (unpaired) electrons. The fourth-order valence-electron chi connectivity index (χ4n) is 5.50. The van der Waals surface area contributed by atoms with Crippen LogP contribution in [-0.4, -0.2) is 29.1 Å². The molecule has 1 aliphatic rings. The first-order valence-corrected chi connectivity index (χ1v) is 14.1. The fourth-order valence-corrected chi connectivity index (χ4v) is 5.84. The molecule has 0 atom stereocenters. The van der Waals surface area contributed by atoms with Crippen LogP contribution in [0, 0.1) is 0 Å². The minimum atomic E-state index is -0.239. The SMILES string of the molecule is CCNc1ccc2ccccc2c1C(C)(C)C/C=C1/CC(OC)=C(Nc2ccc3cc(SO)cc(O)c3c2)C1=O. The first kappa shape index (κ1) is 27.6. The molecule has 4 aromatic rings. The Labute approximate surface area is 239 Å². The summed E-state index contributed by atoms with van der Waals surface area (Å²) in [5.41, 5.74) is 3.89. The summed E-state index contributed by atoms with van der Waals surface area (Å²) in [7, 11) is 1.58. The number of hydrogen-bond acceptors (Lipinski definition) is 7. The summed E-state index contributed by atoms with van der Waals surface area (Å²) in [6.45, 7) is 7.36. The zero-order valence-electron chi connectivity index (χ0n) is 23.2. The van der Waals surface area contributed by atoms with Crippen LogP contribution < -0.4 is 10.6 Å². The molecule has 0 aromatic heterocycles. The lowest BCUT2D eigenvalue weighted by Gasteiger charge is -2.29. The van der Waals surface area contributed by atoms with E-state index in [9.17, 15) is 14.5 Å². The normalized spacial score (nSPS) is 14.9. The van der Waals surface area contributed by atoms with Gasteiger partial charge in [0.2, 0.25) is 5.78 Å². The van der Waals surface area contributed by atoms with Crippen molar-refractivity contribution < 1.29 is 19.2 Å². The van der Waals surface area contributed by atoms with Gasteiger partial charge in [-0.25, -0.2) is 0 Å². The quantitative estimate of drug-likeness (QED) is 0.122. The highest BCUT2D eigenvalue weighted by Crippen LogP contribution is 2.40. The van der Waals surface area contributed by atoms with E-state index in [1.807, 2.05) is 18.2 Å². The lowest BCUT2D eigenvalue weighted by molar-refractivity contribution is -0.111. The number of benzene rings is 4. The van der Waals surface area contributed by atoms with E-state index in [2.05, 4.69) is 67.8 Å². The van der Waals surface area contributed by atoms with Crippen LogP contribution in [0.1, 0.15) is 39.2 Å². The summed E-state index contributed by atoms with van der Waals surface area (Å²) in [6.07, 6.45) is 3.15. The third-order valence-electron chi connectivity index (χ3n) is 7.51. The van der Waals surface area contributed by atoms with Crippen LogP contribution in [0.3, 0.4) is 0 Å². The number of methoxy groups -OCH3 is 1. The second-order valence-corrected chi connectivity index (χ2v) is 11.3. The van der Waals surface area contributed by atoms with Crippen molar-refractivity contribution in [2.75, 3.05) is 24.3 Å². The summed E-state index contributed by atoms with van der Waals surface area (Å²) in [5, 5.41) is 21.0. The summed E-state index contributed by atoms with van der Waals surface area (Å²) in [6, 6.07) is 21.5. The molecule has 0 spiro atoms. The van der Waals surface area contributed by atoms with E-state index in [0.29, 0.717) is 57.9 Å². The number of fused-ring (bicyclic) bond motifs is 2. The Bertz CT molecular complexity index is 1670. The number of ketones is 1. The lowest BCUT2D eigenvalue weighted by atomic mass is 9.77. The van der Waals surface area contributed by atoms with Crippen molar-refractivity contribution in [3.8, 4) is 5.75 Å². The highest BCUT2D eigenvalue weighted by atomic mass is 32.2. The number of phenolic OH excluding ortho intramolecular Hbond substituents is 1. The highest BCUT2D eigenvalue weighted by Gasteiger charge is 2.31. The Morgan fingerprint density at radius 3 is 2.55 bits per heavy atom. The number of phenols is 1. The molecule has 0 saturated heterocycles. The number of carbonyl (C=O) groups is 1. The van der Waals surface area contributed by atoms with E-state index in [-0.39, 0.29) is 16.9 Å². The summed E-state index contributed by atoms with van der Waals surface area (Å²) in [4.78, 5) is 14.1. The van der Waals surface area contributed by atoms with E-state index in [4.69, 9.17) is 4.74 Å². The number of ether oxygens (including phenoxy) is 1. The molecule has 1 aliphatic carbocycles. The van der Waals surface area contributed by atoms with Gasteiger partial charge in [0, 0.05) is 52.2 Å². The van der Waals surface area contributed by atoms with Crippen LogP contribution >= 0.6 is 12.0 Å². The van der Waals surface area contributed by atoms with Gasteiger partial charge in [-0.1, -0.05) is 56.3 Å². The maximum atomic E-state index is 13.6. The largest absolute Gasteiger partial charge is 0.507 e. The van der Waals surface area contributed by atoms with Crippen molar-refractivity contribution >= 4 is 50.7 Å². The molecular weight excluding hydrogens is 520 g/mol. The predicted octanol–water partition coefficient (Wildman–Crippen LogP) is 8.23. The van der Waals surface area contributed by atoms with Crippen LogP contribution in [-0.2, 0) is 14.9 Å². The van der Waals surface area contributed by atoms with Gasteiger partial charge in [0.25, 0.3) is 0 Å². The fraction of sp³-hybridized carbons (Fsp3) is 0.242. The predicted molar refractivity (Wildman–Crippen MR) is 165 cm³/mol. The minimum Gasteiger partial charge on any atom is -0.507 e. The van der Waals surface area contributed by atoms with Gasteiger partial charge in [0.05, 0.1) is 7.11 Å². The van der Waals surface area contributed by atoms with E-state index in [1.54, 1.807) is 19.2 Å². The summed E-state index contributed by atoms with van der Waals surface area (Å²) < 4.78 is 15.0. The van der Waals surface area contributed by atoms with Gasteiger partial charge in [-0.05, 0) is 70.8 Å². The second kappa shape index (κ2) is 11.3. The van der Waals surface area contributed by atoms with Crippen molar-refractivity contribution in [1.29, 1.82) is 0 Å². The first-order valence-electron chi connectivity index (χ1n) is 13.4. The molecule has 4 aromatic carbocycles. The van der Waals surface area contributed by atoms with Crippen LogP contribution in [0.25, 0.3) is 21.5 Å². The molecule has 6 nitrogen and oxygen atoms in total. The number of allylic oxidation sites excluding steroid dienone is 3. The molecule has 0 aliphatic heterocycles. The molecule has 0 amide bonds. The number of carbonyl (C=O) groups excluding carboxylic acids is 1. The zero-order chi connectivity index (χ0) is 28.4. The number of hydrogen-bond donors (Lipinski definition) is 4. The van der Waals surface area contributed by atoms with Gasteiger partial charge in [-0.15, -0.1) is 0 Å². The molecular formula is C33H34N2O4S. The average molecular weight is 555 g/mol. The third-order valence-corrected chi connectivity index (χ3v) is 7.95. The molecule has 206 valence electrons. The van der Waals surface area contributed by atoms with Gasteiger partial charge >= 0.3 is 0 Å². The van der Waals surface area contributed by atoms with Crippen molar-refractivity contribution in [1.82, 2.24) is 0 Å². The van der Waals surface area contributed by atoms with Crippen LogP contribution in [0.4, 0.5) is 11.4 Å². The first-order chi connectivity index (χ1) is 19.2. The third kappa shape index (κ3) is 5.27. The standard InChI is InChI=1S/C33H34N2O4S/c1-5-34-27-13-11-20-8-6-7-9-25(20)30(27)33(2,3)15-14-22-17-29(39-4)31(32(22)37)35-23-12-10-21-16-24(40-38)19-28(36)26(21)18-23/h6-14,16,18-19,34-36,38H,5,15,17H2,1-4H3/b22-14-. The number of rotatable bonds is 9. The monoisotopic (exact) mass is 554 g/mol. The number of aromatic hydroxyl groups is 1. The van der Waals surface area contributed by atoms with E-state index < -0.39 is 0 Å². The molecule has 4 N–H and O–H groups in total. The van der Waals surface area contributed by atoms with E-state index >= 15 is 0 Å². The van der Waals surface area contributed by atoms with Crippen LogP contribution in [0.5, 0.6) is 5.75 Å². The Hall–Kier alpha value is -3.94. The van der Waals surface area contributed by atoms with E-state index in [0.717, 1.165) is 17.6 Å². The van der Waals surface area contributed by atoms with Gasteiger partial charge in [0.1, 0.15) is 17.2 Å². The zero-order valence-corrected chi connectivity index (χ0v) is 24.0. The molecule has 40 heavy (non-hydrogen) atoms. The van der Waals surface area contributed by atoms with E-state index in [1.165, 1.54) is 22.4 Å². The molecule has 5 rings (SSSR count). The van der Waals surface area contributed by atoms with Gasteiger partial charge in [-0.2, -0.15) is 0 Å². The van der Waals surface area contributed by atoms with Gasteiger partial charge in [0.15, 0.2) is 0 Å². The number of Topliss-reactive ketones (excluding diaryl/α,β-unsaturated/α-hetero) is 1. The van der Waals surface area contributed by atoms with Crippen LogP contribution in [0.2, 0.25) is 0 Å². The average Bonchev–Trinajstić information content (AvgIpc) is 3.25. The van der Waals surface area contributed by atoms with Crippen LogP contribution in [0.15, 0.2) is 94.7 Å². The Kier molecular flexibility index (Phi) is 7.79. The smallest absolute Gasteiger partial charge is 0.208 e. The molecule has 0 heterocycles. The highest BCUT2D eigenvalue weighted by molar-refractivity contribution is 7.93. The second-order valence-electron chi connectivity index (χ2n) is 10.7. The van der Waals surface area contributed by atoms with Crippen molar-refractivity contribution in [3.05, 3.63) is 95.4 Å². The van der Waals surface area contributed by atoms with Gasteiger partial charge in [-0.3, -0.25) is 4.79 Å². The molecule has 0 bridgehead atoms. The molecule has 0 unspecified atom stereocenters. The number of anilines is 2. The maximum Gasteiger partial charge on any atom is 0.208 e. The Morgan fingerprint density at radius 2 is 1.80 bits per heavy atom. The lowest BCUT2D eigenvalue weighted by Crippen LogP contribution is -2.20. The maximum absolute atomic E-state index is 13.6. The molecule has 0 fully saturated rings.